The third-order valence-corrected chi connectivity index (χ3v) is 3.11. The Morgan fingerprint density at radius 2 is 1.43 bits per heavy atom. The first kappa shape index (κ1) is 18.3. The lowest BCUT2D eigenvalue weighted by Gasteiger charge is -2.17. The van der Waals surface area contributed by atoms with Crippen molar-refractivity contribution in [3.63, 3.8) is 0 Å². The number of aliphatic carboxylic acids is 1. The van der Waals surface area contributed by atoms with Gasteiger partial charge in [0.15, 0.2) is 0 Å². The van der Waals surface area contributed by atoms with E-state index in [2.05, 4.69) is 6.58 Å². The molecular weight excluding hydrogens is 308 g/mol. The Hall–Kier alpha value is -1.03. The first-order valence-corrected chi connectivity index (χ1v) is 7.64. The second-order valence-corrected chi connectivity index (χ2v) is 5.44. The predicted octanol–water partition coefficient (Wildman–Crippen LogP) is -0.142. The van der Waals surface area contributed by atoms with Gasteiger partial charge >= 0.3 is 5.97 Å². The van der Waals surface area contributed by atoms with E-state index in [1.165, 1.54) is 0 Å². The highest BCUT2D eigenvalue weighted by Gasteiger charge is 2.27. The Morgan fingerprint density at radius 1 is 1.04 bits per heavy atom. The van der Waals surface area contributed by atoms with E-state index in [1.807, 2.05) is 0 Å². The lowest BCUT2D eigenvalue weighted by Crippen LogP contribution is -2.28. The van der Waals surface area contributed by atoms with Gasteiger partial charge in [0.25, 0.3) is 0 Å². The summed E-state index contributed by atoms with van der Waals surface area (Å²) in [7, 11) is 0. The average Bonchev–Trinajstić information content (AvgIpc) is 3.39. The van der Waals surface area contributed by atoms with Gasteiger partial charge in [-0.15, -0.1) is 0 Å². The summed E-state index contributed by atoms with van der Waals surface area (Å²) in [5.74, 6) is -0.981. The van der Waals surface area contributed by atoms with Crippen LogP contribution in [0.25, 0.3) is 0 Å². The molecule has 0 radical (unpaired) electrons. The minimum absolute atomic E-state index is 0.0355. The lowest BCUT2D eigenvalue weighted by molar-refractivity contribution is -0.131. The highest BCUT2D eigenvalue weighted by atomic mass is 16.6. The standard InChI is InChI=1S/C12H20O6.C3H4O2/c1(13-3-10-5-16-10)9(15-7-12-8-18-12)2-14-4-11-6-17-11;1-2-3(4)5/h9-12H,1-8H2;2H,1H2,(H,4,5). The van der Waals surface area contributed by atoms with Gasteiger partial charge in [0.2, 0.25) is 0 Å². The van der Waals surface area contributed by atoms with Crippen LogP contribution < -0.4 is 0 Å². The summed E-state index contributed by atoms with van der Waals surface area (Å²) in [4.78, 5) is 9.25. The van der Waals surface area contributed by atoms with Gasteiger partial charge in [0.1, 0.15) is 24.4 Å². The Labute approximate surface area is 135 Å². The summed E-state index contributed by atoms with van der Waals surface area (Å²) in [5, 5.41) is 7.60. The predicted molar refractivity (Wildman–Crippen MR) is 78.4 cm³/mol. The molecule has 0 bridgehead atoms. The fraction of sp³-hybridized carbons (Fsp3) is 0.800. The molecule has 1 N–H and O–H groups in total. The second kappa shape index (κ2) is 9.96. The van der Waals surface area contributed by atoms with Crippen LogP contribution in [0.5, 0.6) is 0 Å². The van der Waals surface area contributed by atoms with Crippen LogP contribution in [0.15, 0.2) is 12.7 Å². The average molecular weight is 332 g/mol. The van der Waals surface area contributed by atoms with Gasteiger partial charge in [-0.3, -0.25) is 0 Å². The molecule has 0 aromatic heterocycles. The zero-order chi connectivity index (χ0) is 16.5. The van der Waals surface area contributed by atoms with Gasteiger partial charge in [0, 0.05) is 6.08 Å². The number of carboxylic acid groups (broad SMARTS) is 1. The molecule has 0 spiro atoms. The smallest absolute Gasteiger partial charge is 0.327 e. The van der Waals surface area contributed by atoms with E-state index in [4.69, 9.17) is 33.5 Å². The van der Waals surface area contributed by atoms with E-state index >= 15 is 0 Å². The number of carbonyl (C=O) groups is 1. The van der Waals surface area contributed by atoms with Gasteiger partial charge in [-0.25, -0.2) is 4.79 Å². The Bertz CT molecular complexity index is 344. The van der Waals surface area contributed by atoms with Crippen LogP contribution >= 0.6 is 0 Å². The van der Waals surface area contributed by atoms with Crippen molar-refractivity contribution in [2.45, 2.75) is 24.4 Å². The highest BCUT2D eigenvalue weighted by molar-refractivity contribution is 5.78. The molecule has 23 heavy (non-hydrogen) atoms. The van der Waals surface area contributed by atoms with E-state index in [9.17, 15) is 4.79 Å². The van der Waals surface area contributed by atoms with Crippen LogP contribution in [-0.4, -0.2) is 88.3 Å². The maximum Gasteiger partial charge on any atom is 0.327 e. The quantitative estimate of drug-likeness (QED) is 0.389. The lowest BCUT2D eigenvalue weighted by atomic mass is 10.4. The molecule has 0 aromatic carbocycles. The molecule has 132 valence electrons. The monoisotopic (exact) mass is 332 g/mol. The van der Waals surface area contributed by atoms with Crippen LogP contribution in [0.1, 0.15) is 0 Å². The number of hydrogen-bond acceptors (Lipinski definition) is 7. The number of epoxide rings is 3. The van der Waals surface area contributed by atoms with Crippen molar-refractivity contribution in [3.8, 4) is 0 Å². The van der Waals surface area contributed by atoms with Crippen LogP contribution in [0.3, 0.4) is 0 Å². The van der Waals surface area contributed by atoms with Crippen molar-refractivity contribution in [1.29, 1.82) is 0 Å². The molecule has 0 aliphatic carbocycles. The summed E-state index contributed by atoms with van der Waals surface area (Å²) < 4.78 is 32.1. The van der Waals surface area contributed by atoms with Gasteiger partial charge in [0.05, 0.1) is 52.9 Å². The Balaban J connectivity index is 0.000000338. The SMILES string of the molecule is C(OCC1CO1)C(COCC1CO1)OCC1CO1.C=CC(=O)O. The molecular formula is C15H24O8. The van der Waals surface area contributed by atoms with Gasteiger partial charge in [-0.1, -0.05) is 6.58 Å². The maximum absolute atomic E-state index is 9.25. The minimum Gasteiger partial charge on any atom is -0.478 e. The molecule has 0 amide bonds. The van der Waals surface area contributed by atoms with Crippen LogP contribution in [0, 0.1) is 0 Å². The fourth-order valence-electron chi connectivity index (χ4n) is 1.54. The first-order valence-electron chi connectivity index (χ1n) is 7.64. The van der Waals surface area contributed by atoms with Crippen molar-refractivity contribution in [3.05, 3.63) is 12.7 Å². The summed E-state index contributed by atoms with van der Waals surface area (Å²) in [6.45, 7) is 8.39. The van der Waals surface area contributed by atoms with Crippen LogP contribution in [0.4, 0.5) is 0 Å². The van der Waals surface area contributed by atoms with Gasteiger partial charge < -0.3 is 33.5 Å². The molecule has 3 unspecified atom stereocenters. The van der Waals surface area contributed by atoms with Gasteiger partial charge in [-0.05, 0) is 0 Å². The molecule has 3 aliphatic rings. The molecule has 8 nitrogen and oxygen atoms in total. The first-order chi connectivity index (χ1) is 11.2. The van der Waals surface area contributed by atoms with Crippen molar-refractivity contribution >= 4 is 5.97 Å². The Morgan fingerprint density at radius 3 is 1.78 bits per heavy atom. The summed E-state index contributed by atoms with van der Waals surface area (Å²) >= 11 is 0. The molecule has 3 rings (SSSR count). The van der Waals surface area contributed by atoms with E-state index in [-0.39, 0.29) is 24.4 Å². The number of carboxylic acids is 1. The third-order valence-electron chi connectivity index (χ3n) is 3.11. The summed E-state index contributed by atoms with van der Waals surface area (Å²) in [5.41, 5.74) is 0. The highest BCUT2D eigenvalue weighted by Crippen LogP contribution is 2.13. The van der Waals surface area contributed by atoms with Crippen molar-refractivity contribution in [1.82, 2.24) is 0 Å². The molecule has 3 heterocycles. The minimum atomic E-state index is -0.981. The van der Waals surface area contributed by atoms with Gasteiger partial charge in [-0.2, -0.15) is 0 Å². The summed E-state index contributed by atoms with van der Waals surface area (Å²) in [6, 6.07) is 0. The molecule has 3 saturated heterocycles. The summed E-state index contributed by atoms with van der Waals surface area (Å²) in [6.07, 6.45) is 1.65. The largest absolute Gasteiger partial charge is 0.478 e. The normalized spacial score (nSPS) is 28.3. The number of rotatable bonds is 12. The zero-order valence-electron chi connectivity index (χ0n) is 13.1. The molecule has 3 atom stereocenters. The fourth-order valence-corrected chi connectivity index (χ4v) is 1.54. The van der Waals surface area contributed by atoms with E-state index in [0.29, 0.717) is 33.0 Å². The number of ether oxygens (including phenoxy) is 6. The third kappa shape index (κ3) is 10.4. The molecule has 0 aromatic rings. The second-order valence-electron chi connectivity index (χ2n) is 5.44. The molecule has 8 heteroatoms. The van der Waals surface area contributed by atoms with E-state index in [1.54, 1.807) is 0 Å². The zero-order valence-corrected chi connectivity index (χ0v) is 13.1. The number of hydrogen-bond donors (Lipinski definition) is 1. The molecule has 0 saturated carbocycles. The molecule has 3 aliphatic heterocycles. The Kier molecular flexibility index (Phi) is 7.93. The van der Waals surface area contributed by atoms with E-state index < -0.39 is 5.97 Å². The van der Waals surface area contributed by atoms with Crippen molar-refractivity contribution < 1.29 is 38.3 Å². The van der Waals surface area contributed by atoms with Crippen molar-refractivity contribution in [2.24, 2.45) is 0 Å². The van der Waals surface area contributed by atoms with Crippen LogP contribution in [-0.2, 0) is 33.2 Å². The topological polar surface area (TPSA) is 103 Å². The maximum atomic E-state index is 9.25. The van der Waals surface area contributed by atoms with Crippen LogP contribution in [0.2, 0.25) is 0 Å². The molecule has 3 fully saturated rings. The van der Waals surface area contributed by atoms with E-state index in [0.717, 1.165) is 25.9 Å². The van der Waals surface area contributed by atoms with Crippen molar-refractivity contribution in [2.75, 3.05) is 52.9 Å².